The molecule has 1 aromatic carbocycles. The summed E-state index contributed by atoms with van der Waals surface area (Å²) in [6, 6.07) is 7.93. The van der Waals surface area contributed by atoms with E-state index >= 15 is 0 Å². The highest BCUT2D eigenvalue weighted by Gasteiger charge is 2.16. The predicted octanol–water partition coefficient (Wildman–Crippen LogP) is 3.92. The molecular formula is C19H17N3O2. The molecule has 0 radical (unpaired) electrons. The molecule has 3 aromatic rings. The fourth-order valence-corrected chi connectivity index (χ4v) is 2.72. The van der Waals surface area contributed by atoms with Crippen molar-refractivity contribution in [3.05, 3.63) is 66.3 Å². The van der Waals surface area contributed by atoms with Crippen molar-refractivity contribution in [2.75, 3.05) is 13.6 Å². The van der Waals surface area contributed by atoms with Crippen LogP contribution in [0.3, 0.4) is 0 Å². The van der Waals surface area contributed by atoms with Gasteiger partial charge in [-0.15, -0.1) is 0 Å². The first-order valence-electron chi connectivity index (χ1n) is 7.78. The maximum absolute atomic E-state index is 5.91. The van der Waals surface area contributed by atoms with E-state index in [4.69, 9.17) is 9.26 Å². The first kappa shape index (κ1) is 14.5. The Morgan fingerprint density at radius 1 is 1.21 bits per heavy atom. The Morgan fingerprint density at radius 2 is 2.12 bits per heavy atom. The molecule has 4 rings (SSSR count). The molecule has 0 amide bonds. The van der Waals surface area contributed by atoms with Crippen LogP contribution in [0.1, 0.15) is 5.56 Å². The molecule has 0 N–H and O–H groups in total. The summed E-state index contributed by atoms with van der Waals surface area (Å²) in [5.41, 5.74) is 3.84. The van der Waals surface area contributed by atoms with Crippen LogP contribution in [0.5, 0.6) is 5.88 Å². The van der Waals surface area contributed by atoms with Gasteiger partial charge < -0.3 is 14.2 Å². The smallest absolute Gasteiger partial charge is 0.267 e. The number of hydrogen-bond donors (Lipinski definition) is 0. The maximum atomic E-state index is 5.91. The van der Waals surface area contributed by atoms with Gasteiger partial charge in [-0.25, -0.2) is 0 Å². The van der Waals surface area contributed by atoms with E-state index in [1.54, 1.807) is 6.20 Å². The number of likely N-dealkylation sites (N-methyl/N-ethyl adjacent to an activating group) is 1. The van der Waals surface area contributed by atoms with Crippen LogP contribution < -0.4 is 4.74 Å². The Labute approximate surface area is 139 Å². The van der Waals surface area contributed by atoms with Gasteiger partial charge in [-0.1, -0.05) is 12.1 Å². The highest BCUT2D eigenvalue weighted by atomic mass is 16.5. The lowest BCUT2D eigenvalue weighted by Gasteiger charge is -2.16. The topological polar surface area (TPSA) is 51.4 Å². The Morgan fingerprint density at radius 3 is 2.92 bits per heavy atom. The number of rotatable bonds is 3. The zero-order valence-electron chi connectivity index (χ0n) is 13.6. The summed E-state index contributed by atoms with van der Waals surface area (Å²) in [5, 5.41) is 4.97. The molecule has 0 saturated heterocycles. The number of nitrogens with zero attached hydrogens (tertiary/aromatic N) is 3. The average Bonchev–Trinajstić information content (AvgIpc) is 3.01. The highest BCUT2D eigenvalue weighted by Crippen LogP contribution is 2.35. The van der Waals surface area contributed by atoms with Crippen molar-refractivity contribution in [1.29, 1.82) is 0 Å². The summed E-state index contributed by atoms with van der Waals surface area (Å²) < 4.78 is 11.5. The van der Waals surface area contributed by atoms with E-state index in [0.717, 1.165) is 34.4 Å². The van der Waals surface area contributed by atoms with E-state index in [1.165, 1.54) is 0 Å². The zero-order chi connectivity index (χ0) is 16.5. The van der Waals surface area contributed by atoms with Gasteiger partial charge in [0.1, 0.15) is 5.76 Å². The second-order valence-corrected chi connectivity index (χ2v) is 5.82. The first-order valence-corrected chi connectivity index (χ1v) is 7.78. The van der Waals surface area contributed by atoms with Gasteiger partial charge in [0.2, 0.25) is 0 Å². The first-order chi connectivity index (χ1) is 11.7. The third-order valence-electron chi connectivity index (χ3n) is 4.08. The summed E-state index contributed by atoms with van der Waals surface area (Å²) >= 11 is 0. The van der Waals surface area contributed by atoms with E-state index < -0.39 is 0 Å². The minimum absolute atomic E-state index is 0.480. The number of aromatic nitrogens is 2. The Hall–Kier alpha value is -3.08. The molecule has 1 aliphatic heterocycles. The Balaban J connectivity index is 1.75. The molecule has 0 atom stereocenters. The van der Waals surface area contributed by atoms with Crippen molar-refractivity contribution < 1.29 is 9.26 Å². The minimum atomic E-state index is 0.480. The van der Waals surface area contributed by atoms with Crippen LogP contribution in [0.4, 0.5) is 0 Å². The van der Waals surface area contributed by atoms with Crippen LogP contribution in [-0.2, 0) is 0 Å². The number of allylic oxidation sites excluding steroid dienone is 1. The lowest BCUT2D eigenvalue weighted by atomic mass is 10.0. The third-order valence-corrected chi connectivity index (χ3v) is 4.08. The molecule has 5 heteroatoms. The fraction of sp³-hybridized carbons (Fsp3) is 0.158. The summed E-state index contributed by atoms with van der Waals surface area (Å²) in [6.07, 6.45) is 9.53. The lowest BCUT2D eigenvalue weighted by Crippen LogP contribution is -2.15. The largest absolute Gasteiger partial charge is 0.436 e. The van der Waals surface area contributed by atoms with Gasteiger partial charge in [0.15, 0.2) is 5.58 Å². The van der Waals surface area contributed by atoms with Crippen molar-refractivity contribution in [1.82, 2.24) is 15.0 Å². The van der Waals surface area contributed by atoms with Gasteiger partial charge in [-0.2, -0.15) is 0 Å². The van der Waals surface area contributed by atoms with E-state index in [-0.39, 0.29) is 0 Å². The molecule has 5 nitrogen and oxygen atoms in total. The van der Waals surface area contributed by atoms with Crippen molar-refractivity contribution in [3.8, 4) is 17.0 Å². The van der Waals surface area contributed by atoms with Gasteiger partial charge in [0, 0.05) is 43.3 Å². The lowest BCUT2D eigenvalue weighted by molar-refractivity contribution is 0.359. The molecule has 0 saturated carbocycles. The number of hydrogen-bond acceptors (Lipinski definition) is 5. The molecule has 2 aromatic heterocycles. The molecule has 1 aliphatic rings. The predicted molar refractivity (Wildman–Crippen MR) is 92.5 cm³/mol. The second-order valence-electron chi connectivity index (χ2n) is 5.82. The number of benzene rings is 1. The second kappa shape index (κ2) is 5.85. The van der Waals surface area contributed by atoms with E-state index in [2.05, 4.69) is 22.0 Å². The standard InChI is InChI=1S/C19H17N3O2/c1-13-6-9-20-12-17(13)15-4-3-5-16-18(15)24-21-19(16)23-14-7-10-22(2)11-8-14/h3-10,12H,11H2,1-2H3. The SMILES string of the molecule is Cc1ccncc1-c1cccc2c(OC3=CCN(C)C=C3)noc12. The van der Waals surface area contributed by atoms with Crippen LogP contribution >= 0.6 is 0 Å². The quantitative estimate of drug-likeness (QED) is 0.732. The average molecular weight is 319 g/mol. The summed E-state index contributed by atoms with van der Waals surface area (Å²) in [6.45, 7) is 2.86. The third kappa shape index (κ3) is 2.54. The highest BCUT2D eigenvalue weighted by molar-refractivity contribution is 5.95. The van der Waals surface area contributed by atoms with E-state index in [9.17, 15) is 0 Å². The van der Waals surface area contributed by atoms with Gasteiger partial charge in [0.05, 0.1) is 5.39 Å². The van der Waals surface area contributed by atoms with Crippen molar-refractivity contribution in [2.45, 2.75) is 6.92 Å². The normalized spacial score (nSPS) is 14.1. The van der Waals surface area contributed by atoms with Crippen molar-refractivity contribution >= 4 is 11.0 Å². The molecule has 0 bridgehead atoms. The summed E-state index contributed by atoms with van der Waals surface area (Å²) in [5.74, 6) is 1.25. The Kier molecular flexibility index (Phi) is 3.54. The molecule has 24 heavy (non-hydrogen) atoms. The molecule has 120 valence electrons. The minimum Gasteiger partial charge on any atom is -0.436 e. The number of ether oxygens (including phenoxy) is 1. The van der Waals surface area contributed by atoms with Crippen LogP contribution in [0.15, 0.2) is 65.3 Å². The molecular weight excluding hydrogens is 302 g/mol. The van der Waals surface area contributed by atoms with Gasteiger partial charge in [-0.3, -0.25) is 4.98 Å². The van der Waals surface area contributed by atoms with Gasteiger partial charge >= 0.3 is 0 Å². The number of fused-ring (bicyclic) bond motifs is 1. The van der Waals surface area contributed by atoms with Gasteiger partial charge in [0.25, 0.3) is 5.88 Å². The molecule has 0 spiro atoms. The van der Waals surface area contributed by atoms with Crippen LogP contribution in [0.2, 0.25) is 0 Å². The molecule has 0 aliphatic carbocycles. The van der Waals surface area contributed by atoms with E-state index in [0.29, 0.717) is 11.5 Å². The summed E-state index contributed by atoms with van der Waals surface area (Å²) in [7, 11) is 2.01. The van der Waals surface area contributed by atoms with Crippen molar-refractivity contribution in [3.63, 3.8) is 0 Å². The number of pyridine rings is 1. The molecule has 0 unspecified atom stereocenters. The fourth-order valence-electron chi connectivity index (χ4n) is 2.72. The van der Waals surface area contributed by atoms with Crippen LogP contribution in [-0.4, -0.2) is 28.6 Å². The number of aryl methyl sites for hydroxylation is 1. The molecule has 0 fully saturated rings. The van der Waals surface area contributed by atoms with Crippen LogP contribution in [0.25, 0.3) is 22.1 Å². The van der Waals surface area contributed by atoms with Crippen LogP contribution in [0, 0.1) is 6.92 Å². The molecule has 3 heterocycles. The number of para-hydroxylation sites is 1. The van der Waals surface area contributed by atoms with Crippen molar-refractivity contribution in [2.24, 2.45) is 0 Å². The summed E-state index contributed by atoms with van der Waals surface area (Å²) in [4.78, 5) is 6.29. The monoisotopic (exact) mass is 319 g/mol. The maximum Gasteiger partial charge on any atom is 0.267 e. The Bertz CT molecular complexity index is 956. The van der Waals surface area contributed by atoms with Gasteiger partial charge in [-0.05, 0) is 41.9 Å². The van der Waals surface area contributed by atoms with E-state index in [1.807, 2.05) is 55.9 Å². The zero-order valence-corrected chi connectivity index (χ0v) is 13.6.